The molecule has 1 N–H and O–H groups in total. The van der Waals surface area contributed by atoms with Gasteiger partial charge in [0.05, 0.1) is 12.7 Å². The summed E-state index contributed by atoms with van der Waals surface area (Å²) in [4.78, 5) is 0. The molecule has 2 aliphatic rings. The maximum Gasteiger partial charge on any atom is 0.0728 e. The van der Waals surface area contributed by atoms with Gasteiger partial charge in [0.1, 0.15) is 0 Å². The minimum absolute atomic E-state index is 0. The molecule has 1 heterocycles. The monoisotopic (exact) mass is 221 g/mol. The lowest BCUT2D eigenvalue weighted by Crippen LogP contribution is -2.49. The van der Waals surface area contributed by atoms with Crippen molar-refractivity contribution in [1.29, 1.82) is 0 Å². The molecule has 11 heavy (non-hydrogen) atoms. The van der Waals surface area contributed by atoms with Gasteiger partial charge in [-0.3, -0.25) is 0 Å². The highest BCUT2D eigenvalue weighted by molar-refractivity contribution is 8.93. The smallest absolute Gasteiger partial charge is 0.0728 e. The summed E-state index contributed by atoms with van der Waals surface area (Å²) in [5.74, 6) is 0. The Morgan fingerprint density at radius 1 is 1.18 bits per heavy atom. The lowest BCUT2D eigenvalue weighted by molar-refractivity contribution is -0.0235. The van der Waals surface area contributed by atoms with E-state index in [1.165, 1.54) is 25.7 Å². The molecule has 0 radical (unpaired) electrons. The number of halogens is 1. The summed E-state index contributed by atoms with van der Waals surface area (Å²) < 4.78 is 5.62. The van der Waals surface area contributed by atoms with Gasteiger partial charge >= 0.3 is 0 Å². The highest BCUT2D eigenvalue weighted by atomic mass is 79.9. The van der Waals surface area contributed by atoms with E-state index in [9.17, 15) is 0 Å². The third kappa shape index (κ3) is 2.17. The van der Waals surface area contributed by atoms with Crippen molar-refractivity contribution in [2.75, 3.05) is 13.2 Å². The number of fused-ring (bicyclic) bond motifs is 1. The number of rotatable bonds is 0. The van der Waals surface area contributed by atoms with Gasteiger partial charge in [-0.1, -0.05) is 12.8 Å². The van der Waals surface area contributed by atoms with E-state index in [0.29, 0.717) is 12.1 Å². The Morgan fingerprint density at radius 2 is 2.00 bits per heavy atom. The molecule has 0 unspecified atom stereocenters. The quantitative estimate of drug-likeness (QED) is 0.670. The van der Waals surface area contributed by atoms with Crippen molar-refractivity contribution in [1.82, 2.24) is 5.32 Å². The fourth-order valence-corrected chi connectivity index (χ4v) is 1.98. The minimum atomic E-state index is 0. The minimum Gasteiger partial charge on any atom is -0.375 e. The van der Waals surface area contributed by atoms with Crippen LogP contribution in [0.4, 0.5) is 0 Å². The van der Waals surface area contributed by atoms with Gasteiger partial charge < -0.3 is 10.1 Å². The molecular formula is C8H16BrNO. The van der Waals surface area contributed by atoms with Gasteiger partial charge in [0.15, 0.2) is 0 Å². The van der Waals surface area contributed by atoms with Crippen LogP contribution in [0.15, 0.2) is 0 Å². The van der Waals surface area contributed by atoms with Crippen LogP contribution in [0.25, 0.3) is 0 Å². The zero-order chi connectivity index (χ0) is 6.81. The van der Waals surface area contributed by atoms with E-state index in [0.717, 1.165) is 13.2 Å². The molecular weight excluding hydrogens is 206 g/mol. The molecule has 66 valence electrons. The van der Waals surface area contributed by atoms with Crippen molar-refractivity contribution in [3.63, 3.8) is 0 Å². The predicted molar refractivity (Wildman–Crippen MR) is 50.3 cm³/mol. The molecule has 0 bridgehead atoms. The van der Waals surface area contributed by atoms with E-state index in [1.54, 1.807) is 0 Å². The average molecular weight is 222 g/mol. The van der Waals surface area contributed by atoms with Crippen LogP contribution in [-0.4, -0.2) is 25.3 Å². The summed E-state index contributed by atoms with van der Waals surface area (Å²) in [6, 6.07) is 0.683. The Kier molecular flexibility index (Phi) is 3.82. The molecule has 0 amide bonds. The molecule has 1 aliphatic carbocycles. The van der Waals surface area contributed by atoms with E-state index < -0.39 is 0 Å². The first-order chi connectivity index (χ1) is 4.97. The van der Waals surface area contributed by atoms with Gasteiger partial charge in [-0.15, -0.1) is 17.0 Å². The highest BCUT2D eigenvalue weighted by Gasteiger charge is 2.27. The normalized spacial score (nSPS) is 37.1. The second-order valence-corrected chi connectivity index (χ2v) is 3.25. The van der Waals surface area contributed by atoms with Crippen LogP contribution in [0, 0.1) is 0 Å². The lowest BCUT2D eigenvalue weighted by Gasteiger charge is -2.36. The van der Waals surface area contributed by atoms with Crippen LogP contribution < -0.4 is 5.32 Å². The van der Waals surface area contributed by atoms with Gasteiger partial charge in [-0.2, -0.15) is 0 Å². The fraction of sp³-hybridized carbons (Fsp3) is 1.00. The van der Waals surface area contributed by atoms with Crippen LogP contribution >= 0.6 is 17.0 Å². The molecule has 1 aliphatic heterocycles. The summed E-state index contributed by atoms with van der Waals surface area (Å²) in [6.45, 7) is 1.97. The molecule has 2 fully saturated rings. The van der Waals surface area contributed by atoms with Crippen molar-refractivity contribution in [2.24, 2.45) is 0 Å². The van der Waals surface area contributed by atoms with E-state index in [2.05, 4.69) is 5.32 Å². The molecule has 1 saturated heterocycles. The summed E-state index contributed by atoms with van der Waals surface area (Å²) in [5, 5.41) is 3.50. The molecule has 0 aromatic heterocycles. The van der Waals surface area contributed by atoms with Gasteiger partial charge in [-0.25, -0.2) is 0 Å². The number of nitrogens with one attached hydrogen (secondary N) is 1. The molecule has 0 aromatic carbocycles. The number of hydrogen-bond donors (Lipinski definition) is 1. The summed E-state index contributed by atoms with van der Waals surface area (Å²) in [5.41, 5.74) is 0. The van der Waals surface area contributed by atoms with Gasteiger partial charge in [0.2, 0.25) is 0 Å². The van der Waals surface area contributed by atoms with Crippen molar-refractivity contribution in [2.45, 2.75) is 37.8 Å². The fourth-order valence-electron chi connectivity index (χ4n) is 1.98. The maximum atomic E-state index is 5.62. The van der Waals surface area contributed by atoms with E-state index in [1.807, 2.05) is 0 Å². The maximum absolute atomic E-state index is 5.62. The average Bonchev–Trinajstić information content (AvgIpc) is 2.05. The van der Waals surface area contributed by atoms with Crippen LogP contribution in [0.3, 0.4) is 0 Å². The zero-order valence-corrected chi connectivity index (χ0v) is 8.43. The van der Waals surface area contributed by atoms with Crippen LogP contribution in [-0.2, 0) is 4.74 Å². The SMILES string of the molecule is Br.C1CC[C@@H]2OCCN[C@H]2C1. The second-order valence-electron chi connectivity index (χ2n) is 3.25. The van der Waals surface area contributed by atoms with E-state index in [4.69, 9.17) is 4.74 Å². The molecule has 3 heteroatoms. The van der Waals surface area contributed by atoms with Crippen molar-refractivity contribution >= 4 is 17.0 Å². The van der Waals surface area contributed by atoms with E-state index in [-0.39, 0.29) is 17.0 Å². The number of hydrogen-bond acceptors (Lipinski definition) is 2. The van der Waals surface area contributed by atoms with Gasteiger partial charge in [0, 0.05) is 12.6 Å². The Labute approximate surface area is 78.5 Å². The summed E-state index contributed by atoms with van der Waals surface area (Å²) in [7, 11) is 0. The predicted octanol–water partition coefficient (Wildman–Crippen LogP) is 1.50. The molecule has 2 rings (SSSR count). The number of morpholine rings is 1. The first kappa shape index (κ1) is 9.49. The summed E-state index contributed by atoms with van der Waals surface area (Å²) in [6.07, 6.45) is 5.89. The van der Waals surface area contributed by atoms with Crippen molar-refractivity contribution < 1.29 is 4.74 Å². The lowest BCUT2D eigenvalue weighted by atomic mass is 9.92. The zero-order valence-electron chi connectivity index (χ0n) is 6.71. The van der Waals surface area contributed by atoms with Crippen molar-refractivity contribution in [3.05, 3.63) is 0 Å². The van der Waals surface area contributed by atoms with Gasteiger partial charge in [-0.05, 0) is 12.8 Å². The topological polar surface area (TPSA) is 21.3 Å². The Balaban J connectivity index is 0.000000605. The third-order valence-corrected chi connectivity index (χ3v) is 2.54. The number of ether oxygens (including phenoxy) is 1. The highest BCUT2D eigenvalue weighted by Crippen LogP contribution is 2.22. The molecule has 0 aromatic rings. The molecule has 0 spiro atoms. The second kappa shape index (κ2) is 4.43. The summed E-state index contributed by atoms with van der Waals surface area (Å²) >= 11 is 0. The largest absolute Gasteiger partial charge is 0.375 e. The van der Waals surface area contributed by atoms with Crippen LogP contribution in [0.2, 0.25) is 0 Å². The molecule has 1 saturated carbocycles. The standard InChI is InChI=1S/C8H15NO.BrH/c1-2-4-8-7(3-1)9-5-6-10-8;/h7-9H,1-6H2;1H/t7-,8-;/m0./s1. The Bertz CT molecular complexity index is 94.7. The molecule has 2 atom stereocenters. The van der Waals surface area contributed by atoms with Crippen LogP contribution in [0.5, 0.6) is 0 Å². The Hall–Kier alpha value is 0.400. The first-order valence-electron chi connectivity index (χ1n) is 4.32. The first-order valence-corrected chi connectivity index (χ1v) is 4.32. The van der Waals surface area contributed by atoms with Gasteiger partial charge in [0.25, 0.3) is 0 Å². The van der Waals surface area contributed by atoms with Crippen LogP contribution in [0.1, 0.15) is 25.7 Å². The third-order valence-electron chi connectivity index (χ3n) is 2.54. The Morgan fingerprint density at radius 3 is 2.82 bits per heavy atom. The molecule has 2 nitrogen and oxygen atoms in total. The van der Waals surface area contributed by atoms with Crippen molar-refractivity contribution in [3.8, 4) is 0 Å². The van der Waals surface area contributed by atoms with E-state index >= 15 is 0 Å².